The van der Waals surface area contributed by atoms with Crippen molar-refractivity contribution in [2.75, 3.05) is 6.54 Å². The number of hydrogen-bond donors (Lipinski definition) is 1. The van der Waals surface area contributed by atoms with E-state index in [1.165, 1.54) is 0 Å². The van der Waals surface area contributed by atoms with Crippen molar-refractivity contribution in [2.45, 2.75) is 19.4 Å². The van der Waals surface area contributed by atoms with Gasteiger partial charge < -0.3 is 9.73 Å². The molecule has 0 amide bonds. The van der Waals surface area contributed by atoms with Gasteiger partial charge in [0, 0.05) is 10.0 Å². The predicted molar refractivity (Wildman–Crippen MR) is 78.0 cm³/mol. The Morgan fingerprint density at radius 1 is 1.39 bits per heavy atom. The number of benzene rings is 1. The molecule has 1 aromatic heterocycles. The Balaban J connectivity index is 2.37. The molecular formula is C14H15BrClNO. The molecule has 2 aromatic rings. The van der Waals surface area contributed by atoms with Crippen LogP contribution < -0.4 is 5.32 Å². The fourth-order valence-electron chi connectivity index (χ4n) is 1.88. The first kappa shape index (κ1) is 13.7. The van der Waals surface area contributed by atoms with Gasteiger partial charge in [0.2, 0.25) is 0 Å². The van der Waals surface area contributed by atoms with Crippen molar-refractivity contribution in [1.82, 2.24) is 5.32 Å². The Bertz CT molecular complexity index is 499. The molecule has 0 saturated heterocycles. The molecule has 1 heterocycles. The molecule has 4 heteroatoms. The van der Waals surface area contributed by atoms with Gasteiger partial charge in [0.05, 0.1) is 23.6 Å². The van der Waals surface area contributed by atoms with Gasteiger partial charge in [-0.3, -0.25) is 0 Å². The summed E-state index contributed by atoms with van der Waals surface area (Å²) in [5.74, 6) is 0. The van der Waals surface area contributed by atoms with Crippen molar-refractivity contribution in [3.05, 3.63) is 57.4 Å². The number of halogens is 2. The summed E-state index contributed by atoms with van der Waals surface area (Å²) in [5.41, 5.74) is 2.14. The maximum absolute atomic E-state index is 6.37. The monoisotopic (exact) mass is 327 g/mol. The van der Waals surface area contributed by atoms with E-state index >= 15 is 0 Å². The van der Waals surface area contributed by atoms with Gasteiger partial charge in [-0.05, 0) is 46.6 Å². The van der Waals surface area contributed by atoms with Crippen molar-refractivity contribution >= 4 is 27.5 Å². The molecule has 0 aliphatic heterocycles. The molecule has 0 aliphatic rings. The largest absolute Gasteiger partial charge is 0.472 e. The minimum Gasteiger partial charge on any atom is -0.472 e. The topological polar surface area (TPSA) is 25.2 Å². The lowest BCUT2D eigenvalue weighted by molar-refractivity contribution is 0.548. The first-order valence-electron chi connectivity index (χ1n) is 5.93. The van der Waals surface area contributed by atoms with E-state index in [1.807, 2.05) is 24.3 Å². The van der Waals surface area contributed by atoms with E-state index in [-0.39, 0.29) is 6.04 Å². The molecule has 0 fully saturated rings. The second kappa shape index (κ2) is 6.41. The van der Waals surface area contributed by atoms with E-state index < -0.39 is 0 Å². The van der Waals surface area contributed by atoms with E-state index in [1.54, 1.807) is 12.5 Å². The maximum atomic E-state index is 6.37. The standard InChI is InChI=1S/C14H15BrClNO/c1-2-7-17-14(10-6-8-18-9-10)11-4-3-5-12(15)13(11)16/h3-6,8-9,14,17H,2,7H2,1H3. The highest BCUT2D eigenvalue weighted by Crippen LogP contribution is 2.33. The lowest BCUT2D eigenvalue weighted by atomic mass is 10.0. The zero-order valence-corrected chi connectivity index (χ0v) is 12.5. The van der Waals surface area contributed by atoms with E-state index in [4.69, 9.17) is 16.0 Å². The Labute approximate surface area is 120 Å². The molecule has 2 rings (SSSR count). The van der Waals surface area contributed by atoms with E-state index in [2.05, 4.69) is 28.2 Å². The summed E-state index contributed by atoms with van der Waals surface area (Å²) in [6.07, 6.45) is 4.51. The quantitative estimate of drug-likeness (QED) is 0.854. The SMILES string of the molecule is CCCNC(c1ccoc1)c1cccc(Br)c1Cl. The third kappa shape index (κ3) is 2.97. The van der Waals surface area contributed by atoms with E-state index in [0.717, 1.165) is 33.6 Å². The summed E-state index contributed by atoms with van der Waals surface area (Å²) in [4.78, 5) is 0. The average molecular weight is 329 g/mol. The highest BCUT2D eigenvalue weighted by Gasteiger charge is 2.18. The van der Waals surface area contributed by atoms with Crippen LogP contribution in [0.15, 0.2) is 45.7 Å². The third-order valence-electron chi connectivity index (χ3n) is 2.77. The zero-order valence-electron chi connectivity index (χ0n) is 10.1. The minimum atomic E-state index is 0.0636. The molecule has 1 atom stereocenters. The first-order chi connectivity index (χ1) is 8.74. The van der Waals surface area contributed by atoms with Crippen LogP contribution in [0.3, 0.4) is 0 Å². The van der Waals surface area contributed by atoms with Gasteiger partial charge in [0.15, 0.2) is 0 Å². The smallest absolute Gasteiger partial charge is 0.0953 e. The van der Waals surface area contributed by atoms with E-state index in [9.17, 15) is 0 Å². The van der Waals surface area contributed by atoms with Gasteiger partial charge in [-0.1, -0.05) is 30.7 Å². The molecular weight excluding hydrogens is 314 g/mol. The van der Waals surface area contributed by atoms with Gasteiger partial charge in [-0.2, -0.15) is 0 Å². The number of hydrogen-bond acceptors (Lipinski definition) is 2. The molecule has 1 N–H and O–H groups in total. The first-order valence-corrected chi connectivity index (χ1v) is 7.10. The number of rotatable bonds is 5. The lowest BCUT2D eigenvalue weighted by Gasteiger charge is -2.19. The molecule has 1 aromatic carbocycles. The Morgan fingerprint density at radius 2 is 2.22 bits per heavy atom. The van der Waals surface area contributed by atoms with Crippen molar-refractivity contribution in [3.63, 3.8) is 0 Å². The second-order valence-electron chi connectivity index (χ2n) is 4.09. The minimum absolute atomic E-state index is 0.0636. The molecule has 0 radical (unpaired) electrons. The number of nitrogens with one attached hydrogen (secondary N) is 1. The normalized spacial score (nSPS) is 12.6. The fraction of sp³-hybridized carbons (Fsp3) is 0.286. The third-order valence-corrected chi connectivity index (χ3v) is 4.08. The van der Waals surface area contributed by atoms with Gasteiger partial charge >= 0.3 is 0 Å². The van der Waals surface area contributed by atoms with Crippen LogP contribution in [0.1, 0.15) is 30.5 Å². The Morgan fingerprint density at radius 3 is 2.89 bits per heavy atom. The Hall–Kier alpha value is -0.770. The summed E-state index contributed by atoms with van der Waals surface area (Å²) < 4.78 is 6.08. The summed E-state index contributed by atoms with van der Waals surface area (Å²) in [7, 11) is 0. The van der Waals surface area contributed by atoms with Gasteiger partial charge in [-0.25, -0.2) is 0 Å². The molecule has 0 spiro atoms. The summed E-state index contributed by atoms with van der Waals surface area (Å²) in [6.45, 7) is 3.07. The summed E-state index contributed by atoms with van der Waals surface area (Å²) in [5, 5.41) is 4.23. The maximum Gasteiger partial charge on any atom is 0.0953 e. The van der Waals surface area contributed by atoms with Crippen molar-refractivity contribution < 1.29 is 4.42 Å². The molecule has 18 heavy (non-hydrogen) atoms. The van der Waals surface area contributed by atoms with Crippen molar-refractivity contribution in [3.8, 4) is 0 Å². The Kier molecular flexibility index (Phi) is 4.87. The van der Waals surface area contributed by atoms with Crippen LogP contribution in [0, 0.1) is 0 Å². The van der Waals surface area contributed by atoms with Crippen LogP contribution in [0.2, 0.25) is 5.02 Å². The highest BCUT2D eigenvalue weighted by molar-refractivity contribution is 9.10. The van der Waals surface area contributed by atoms with Crippen LogP contribution in [0.4, 0.5) is 0 Å². The van der Waals surface area contributed by atoms with Crippen LogP contribution in [0.25, 0.3) is 0 Å². The van der Waals surface area contributed by atoms with E-state index in [0.29, 0.717) is 0 Å². The summed E-state index contributed by atoms with van der Waals surface area (Å²) in [6, 6.07) is 8.00. The van der Waals surface area contributed by atoms with Crippen LogP contribution in [0.5, 0.6) is 0 Å². The number of furan rings is 1. The average Bonchev–Trinajstić information content (AvgIpc) is 2.88. The summed E-state index contributed by atoms with van der Waals surface area (Å²) >= 11 is 9.83. The molecule has 0 aliphatic carbocycles. The zero-order chi connectivity index (χ0) is 13.0. The molecule has 2 nitrogen and oxygen atoms in total. The van der Waals surface area contributed by atoms with Crippen LogP contribution in [-0.4, -0.2) is 6.54 Å². The van der Waals surface area contributed by atoms with Crippen LogP contribution in [-0.2, 0) is 0 Å². The van der Waals surface area contributed by atoms with Crippen molar-refractivity contribution in [1.29, 1.82) is 0 Å². The van der Waals surface area contributed by atoms with Crippen molar-refractivity contribution in [2.24, 2.45) is 0 Å². The lowest BCUT2D eigenvalue weighted by Crippen LogP contribution is -2.23. The molecule has 0 saturated carbocycles. The van der Waals surface area contributed by atoms with Gasteiger partial charge in [0.25, 0.3) is 0 Å². The molecule has 0 bridgehead atoms. The highest BCUT2D eigenvalue weighted by atomic mass is 79.9. The molecule has 1 unspecified atom stereocenters. The fourth-order valence-corrected chi connectivity index (χ4v) is 2.50. The molecule has 96 valence electrons. The predicted octanol–water partition coefficient (Wildman–Crippen LogP) is 4.78. The van der Waals surface area contributed by atoms with Crippen LogP contribution >= 0.6 is 27.5 Å². The van der Waals surface area contributed by atoms with Gasteiger partial charge in [0.1, 0.15) is 0 Å². The second-order valence-corrected chi connectivity index (χ2v) is 5.32. The van der Waals surface area contributed by atoms with Gasteiger partial charge in [-0.15, -0.1) is 0 Å².